The molecule has 0 aliphatic carbocycles. The van der Waals surface area contributed by atoms with Gasteiger partial charge in [0.2, 0.25) is 11.8 Å². The van der Waals surface area contributed by atoms with Crippen molar-refractivity contribution in [2.24, 2.45) is 5.92 Å². The molecular formula is C27H36N4O3. The summed E-state index contributed by atoms with van der Waals surface area (Å²) in [5.41, 5.74) is 2.63. The van der Waals surface area contributed by atoms with Crippen molar-refractivity contribution in [1.29, 1.82) is 0 Å². The van der Waals surface area contributed by atoms with Crippen LogP contribution in [-0.2, 0) is 9.59 Å². The molecule has 2 aromatic carbocycles. The van der Waals surface area contributed by atoms with Crippen LogP contribution in [0, 0.1) is 12.8 Å². The number of aryl methyl sites for hydroxylation is 1. The summed E-state index contributed by atoms with van der Waals surface area (Å²) in [5, 5.41) is 8.88. The van der Waals surface area contributed by atoms with Gasteiger partial charge in [0.05, 0.1) is 23.7 Å². The Bertz CT molecular complexity index is 1010. The number of hydrogen-bond acceptors (Lipinski definition) is 4. The van der Waals surface area contributed by atoms with Crippen LogP contribution in [0.3, 0.4) is 0 Å². The Morgan fingerprint density at radius 2 is 1.88 bits per heavy atom. The molecule has 1 aliphatic heterocycles. The minimum absolute atomic E-state index is 0.0734. The second-order valence-electron chi connectivity index (χ2n) is 9.19. The van der Waals surface area contributed by atoms with Crippen molar-refractivity contribution < 1.29 is 14.4 Å². The molecule has 0 radical (unpaired) electrons. The van der Waals surface area contributed by atoms with Crippen molar-refractivity contribution in [3.05, 3.63) is 59.7 Å². The van der Waals surface area contributed by atoms with E-state index in [0.29, 0.717) is 23.5 Å². The number of amides is 3. The lowest BCUT2D eigenvalue weighted by Crippen LogP contribution is -2.47. The first kappa shape index (κ1) is 25.4. The van der Waals surface area contributed by atoms with E-state index in [2.05, 4.69) is 22.9 Å². The van der Waals surface area contributed by atoms with Crippen LogP contribution in [0.15, 0.2) is 48.5 Å². The van der Waals surface area contributed by atoms with Gasteiger partial charge in [-0.2, -0.15) is 0 Å². The average molecular weight is 465 g/mol. The number of anilines is 2. The predicted molar refractivity (Wildman–Crippen MR) is 136 cm³/mol. The average Bonchev–Trinajstić information content (AvgIpc) is 2.79. The summed E-state index contributed by atoms with van der Waals surface area (Å²) in [6, 6.07) is 14.7. The number of rotatable bonds is 9. The molecule has 0 bridgehead atoms. The van der Waals surface area contributed by atoms with Crippen molar-refractivity contribution in [2.45, 2.75) is 52.5 Å². The smallest absolute Gasteiger partial charge is 0.257 e. The summed E-state index contributed by atoms with van der Waals surface area (Å²) in [4.78, 5) is 40.3. The van der Waals surface area contributed by atoms with E-state index < -0.39 is 0 Å². The van der Waals surface area contributed by atoms with Gasteiger partial charge in [0, 0.05) is 18.3 Å². The monoisotopic (exact) mass is 464 g/mol. The number of carbonyl (C=O) groups excluding carboxylic acids is 3. The molecule has 3 N–H and O–H groups in total. The molecule has 7 heteroatoms. The van der Waals surface area contributed by atoms with Crippen molar-refractivity contribution in [1.82, 2.24) is 10.2 Å². The van der Waals surface area contributed by atoms with E-state index in [1.54, 1.807) is 24.3 Å². The Kier molecular flexibility index (Phi) is 9.22. The summed E-state index contributed by atoms with van der Waals surface area (Å²) in [6.45, 7) is 7.62. The summed E-state index contributed by atoms with van der Waals surface area (Å²) >= 11 is 0. The Morgan fingerprint density at radius 3 is 2.65 bits per heavy atom. The third-order valence-corrected chi connectivity index (χ3v) is 6.08. The van der Waals surface area contributed by atoms with E-state index >= 15 is 0 Å². The number of nitrogens with zero attached hydrogens (tertiary/aromatic N) is 1. The highest BCUT2D eigenvalue weighted by Gasteiger charge is 2.27. The maximum atomic E-state index is 12.9. The standard InChI is InChI=1S/C27H36N4O3/c1-4-9-20(3)28-26(33)21-11-8-15-31(17-21)18-25(32)30-24-14-6-5-13-23(24)27(34)29-22-12-7-10-19(2)16-22/h5-7,10,12-14,16,20-21H,4,8-9,11,15,17-18H2,1-3H3,(H,28,33)(H,29,34)(H,30,32). The minimum atomic E-state index is -0.280. The summed E-state index contributed by atoms with van der Waals surface area (Å²) < 4.78 is 0. The lowest BCUT2D eigenvalue weighted by atomic mass is 9.96. The Hall–Kier alpha value is -3.19. The number of nitrogens with one attached hydrogen (secondary N) is 3. The Morgan fingerprint density at radius 1 is 1.09 bits per heavy atom. The summed E-state index contributed by atoms with van der Waals surface area (Å²) in [5.74, 6) is -0.508. The molecule has 3 rings (SSSR count). The zero-order valence-corrected chi connectivity index (χ0v) is 20.4. The van der Waals surface area contributed by atoms with E-state index in [-0.39, 0.29) is 36.2 Å². The van der Waals surface area contributed by atoms with Gasteiger partial charge in [0.15, 0.2) is 0 Å². The third-order valence-electron chi connectivity index (χ3n) is 6.08. The quantitative estimate of drug-likeness (QED) is 0.519. The Labute approximate surface area is 202 Å². The number of benzene rings is 2. The first-order chi connectivity index (χ1) is 16.4. The molecule has 2 aromatic rings. The summed E-state index contributed by atoms with van der Waals surface area (Å²) in [7, 11) is 0. The molecular weight excluding hydrogens is 428 g/mol. The van der Waals surface area contributed by atoms with E-state index in [9.17, 15) is 14.4 Å². The second-order valence-corrected chi connectivity index (χ2v) is 9.19. The second kappa shape index (κ2) is 12.3. The number of piperidine rings is 1. The SMILES string of the molecule is CCCC(C)NC(=O)C1CCCN(CC(=O)Nc2ccccc2C(=O)Nc2cccc(C)c2)C1. The van der Waals surface area contributed by atoms with Crippen LogP contribution < -0.4 is 16.0 Å². The maximum absolute atomic E-state index is 12.9. The lowest BCUT2D eigenvalue weighted by Gasteiger charge is -2.32. The van der Waals surface area contributed by atoms with E-state index in [0.717, 1.165) is 37.8 Å². The molecule has 34 heavy (non-hydrogen) atoms. The van der Waals surface area contributed by atoms with Gasteiger partial charge >= 0.3 is 0 Å². The van der Waals surface area contributed by atoms with E-state index in [1.165, 1.54) is 0 Å². The largest absolute Gasteiger partial charge is 0.353 e. The van der Waals surface area contributed by atoms with Gasteiger partial charge in [-0.3, -0.25) is 19.3 Å². The van der Waals surface area contributed by atoms with Crippen molar-refractivity contribution >= 4 is 29.1 Å². The molecule has 0 aromatic heterocycles. The molecule has 1 aliphatic rings. The van der Waals surface area contributed by atoms with Crippen LogP contribution in [0.2, 0.25) is 0 Å². The van der Waals surface area contributed by atoms with Gasteiger partial charge in [-0.05, 0) is 69.5 Å². The molecule has 0 saturated carbocycles. The number of carbonyl (C=O) groups is 3. The van der Waals surface area contributed by atoms with Crippen LogP contribution in [0.1, 0.15) is 55.5 Å². The van der Waals surface area contributed by atoms with Crippen molar-refractivity contribution in [3.8, 4) is 0 Å². The molecule has 3 amide bonds. The molecule has 1 fully saturated rings. The highest BCUT2D eigenvalue weighted by atomic mass is 16.2. The normalized spacial score (nSPS) is 17.0. The lowest BCUT2D eigenvalue weighted by molar-refractivity contribution is -0.128. The first-order valence-corrected chi connectivity index (χ1v) is 12.1. The maximum Gasteiger partial charge on any atom is 0.257 e. The van der Waals surface area contributed by atoms with Gasteiger partial charge in [0.1, 0.15) is 0 Å². The van der Waals surface area contributed by atoms with Gasteiger partial charge in [-0.15, -0.1) is 0 Å². The topological polar surface area (TPSA) is 90.5 Å². The molecule has 1 saturated heterocycles. The molecule has 2 unspecified atom stereocenters. The van der Waals surface area contributed by atoms with Crippen LogP contribution in [0.25, 0.3) is 0 Å². The first-order valence-electron chi connectivity index (χ1n) is 12.1. The van der Waals surface area contributed by atoms with Gasteiger partial charge in [0.25, 0.3) is 5.91 Å². The minimum Gasteiger partial charge on any atom is -0.353 e. The number of para-hydroxylation sites is 1. The van der Waals surface area contributed by atoms with E-state index in [4.69, 9.17) is 0 Å². The Balaban J connectivity index is 1.57. The molecule has 182 valence electrons. The predicted octanol–water partition coefficient (Wildman–Crippen LogP) is 4.20. The van der Waals surface area contributed by atoms with Gasteiger partial charge in [-0.1, -0.05) is 37.6 Å². The zero-order chi connectivity index (χ0) is 24.5. The van der Waals surface area contributed by atoms with E-state index in [1.807, 2.05) is 43.0 Å². The van der Waals surface area contributed by atoms with Crippen LogP contribution in [0.4, 0.5) is 11.4 Å². The fraction of sp³-hybridized carbons (Fsp3) is 0.444. The molecule has 1 heterocycles. The summed E-state index contributed by atoms with van der Waals surface area (Å²) in [6.07, 6.45) is 3.71. The van der Waals surface area contributed by atoms with Crippen molar-refractivity contribution in [3.63, 3.8) is 0 Å². The van der Waals surface area contributed by atoms with Crippen LogP contribution >= 0.6 is 0 Å². The van der Waals surface area contributed by atoms with Crippen molar-refractivity contribution in [2.75, 3.05) is 30.3 Å². The highest BCUT2D eigenvalue weighted by molar-refractivity contribution is 6.10. The number of hydrogen-bond donors (Lipinski definition) is 3. The molecule has 0 spiro atoms. The van der Waals surface area contributed by atoms with Gasteiger partial charge < -0.3 is 16.0 Å². The zero-order valence-electron chi connectivity index (χ0n) is 20.4. The fourth-order valence-corrected chi connectivity index (χ4v) is 4.38. The molecule has 7 nitrogen and oxygen atoms in total. The van der Waals surface area contributed by atoms with Crippen LogP contribution in [-0.4, -0.2) is 48.3 Å². The third kappa shape index (κ3) is 7.42. The molecule has 2 atom stereocenters. The van der Waals surface area contributed by atoms with Gasteiger partial charge in [-0.25, -0.2) is 0 Å². The number of likely N-dealkylation sites (tertiary alicyclic amines) is 1. The highest BCUT2D eigenvalue weighted by Crippen LogP contribution is 2.20. The fourth-order valence-electron chi connectivity index (χ4n) is 4.38. The van der Waals surface area contributed by atoms with Crippen LogP contribution in [0.5, 0.6) is 0 Å².